The van der Waals surface area contributed by atoms with Gasteiger partial charge in [-0.25, -0.2) is 4.39 Å². The number of carbonyl (C=O) groups excluding carboxylic acids is 2. The highest BCUT2D eigenvalue weighted by molar-refractivity contribution is 6.09. The van der Waals surface area contributed by atoms with Crippen molar-refractivity contribution in [2.75, 3.05) is 31.1 Å². The molecule has 0 aliphatic carbocycles. The van der Waals surface area contributed by atoms with E-state index in [2.05, 4.69) is 24.1 Å². The predicted octanol–water partition coefficient (Wildman–Crippen LogP) is 6.03. The Kier molecular flexibility index (Phi) is 9.86. The van der Waals surface area contributed by atoms with E-state index in [1.807, 2.05) is 12.1 Å². The van der Waals surface area contributed by atoms with Crippen molar-refractivity contribution in [3.05, 3.63) is 101 Å². The Morgan fingerprint density at radius 3 is 2.36 bits per heavy atom. The summed E-state index contributed by atoms with van der Waals surface area (Å²) in [5, 5.41) is 2.99. The van der Waals surface area contributed by atoms with Crippen LogP contribution in [-0.2, 0) is 11.3 Å². The molecule has 0 aromatic heterocycles. The molecule has 0 fully saturated rings. The standard InChI is InChI=1S/C32H36FN3O3/c1-3-19-35(20-4-2)21-9-18-34-31(37)25-16-14-24(15-17-25)22-30-32(38)36(23-26-10-5-6-11-27(26)33)28-12-7-8-13-29(28)39-30/h5-8,10-17,22H,3-4,9,18-21,23H2,1-2H3,(H,34,37)/b30-22-. The van der Waals surface area contributed by atoms with Gasteiger partial charge in [0.2, 0.25) is 0 Å². The van der Waals surface area contributed by atoms with Crippen molar-refractivity contribution in [2.45, 2.75) is 39.7 Å². The number of amides is 2. The SMILES string of the molecule is CCCN(CCC)CCCNC(=O)c1ccc(/C=C2\Oc3ccccc3N(Cc3ccccc3F)C2=O)cc1. The zero-order chi connectivity index (χ0) is 27.6. The van der Waals surface area contributed by atoms with E-state index in [4.69, 9.17) is 4.74 Å². The average Bonchev–Trinajstić information content (AvgIpc) is 2.95. The number of hydrogen-bond acceptors (Lipinski definition) is 4. The number of para-hydroxylation sites is 2. The minimum absolute atomic E-state index is 0.0803. The van der Waals surface area contributed by atoms with E-state index in [1.165, 1.54) is 11.0 Å². The molecule has 39 heavy (non-hydrogen) atoms. The van der Waals surface area contributed by atoms with Gasteiger partial charge >= 0.3 is 0 Å². The molecule has 7 heteroatoms. The average molecular weight is 530 g/mol. The summed E-state index contributed by atoms with van der Waals surface area (Å²) in [7, 11) is 0. The molecule has 0 saturated carbocycles. The minimum Gasteiger partial charge on any atom is -0.449 e. The number of anilines is 1. The third kappa shape index (κ3) is 7.33. The van der Waals surface area contributed by atoms with Crippen molar-refractivity contribution in [2.24, 2.45) is 0 Å². The maximum absolute atomic E-state index is 14.4. The molecule has 0 radical (unpaired) electrons. The first-order chi connectivity index (χ1) is 19.0. The van der Waals surface area contributed by atoms with Crippen molar-refractivity contribution in [1.29, 1.82) is 0 Å². The maximum Gasteiger partial charge on any atom is 0.294 e. The second-order valence-electron chi connectivity index (χ2n) is 9.63. The topological polar surface area (TPSA) is 61.9 Å². The predicted molar refractivity (Wildman–Crippen MR) is 153 cm³/mol. The van der Waals surface area contributed by atoms with Gasteiger partial charge in [-0.2, -0.15) is 0 Å². The van der Waals surface area contributed by atoms with Gasteiger partial charge < -0.3 is 15.0 Å². The summed E-state index contributed by atoms with van der Waals surface area (Å²) in [5.74, 6) is -0.202. The quantitative estimate of drug-likeness (QED) is 0.230. The molecule has 204 valence electrons. The van der Waals surface area contributed by atoms with Crippen LogP contribution in [0, 0.1) is 5.82 Å². The zero-order valence-electron chi connectivity index (χ0n) is 22.7. The lowest BCUT2D eigenvalue weighted by Crippen LogP contribution is -2.37. The Morgan fingerprint density at radius 1 is 0.949 bits per heavy atom. The van der Waals surface area contributed by atoms with E-state index < -0.39 is 0 Å². The molecule has 1 aliphatic rings. The van der Waals surface area contributed by atoms with Gasteiger partial charge in [-0.15, -0.1) is 0 Å². The molecule has 0 spiro atoms. The van der Waals surface area contributed by atoms with Crippen LogP contribution in [0.25, 0.3) is 6.08 Å². The van der Waals surface area contributed by atoms with Crippen LogP contribution < -0.4 is 15.0 Å². The van der Waals surface area contributed by atoms with Gasteiger partial charge in [-0.3, -0.25) is 14.5 Å². The Labute approximate surface area is 230 Å². The number of carbonyl (C=O) groups is 2. The molecule has 0 atom stereocenters. The number of ether oxygens (including phenoxy) is 1. The number of fused-ring (bicyclic) bond motifs is 1. The minimum atomic E-state index is -0.368. The second kappa shape index (κ2) is 13.7. The summed E-state index contributed by atoms with van der Waals surface area (Å²) in [6.07, 6.45) is 4.80. The fourth-order valence-electron chi connectivity index (χ4n) is 4.67. The lowest BCUT2D eigenvalue weighted by molar-refractivity contribution is -0.117. The highest BCUT2D eigenvalue weighted by atomic mass is 19.1. The summed E-state index contributed by atoms with van der Waals surface area (Å²) < 4.78 is 20.3. The van der Waals surface area contributed by atoms with Crippen molar-refractivity contribution < 1.29 is 18.7 Å². The fourth-order valence-corrected chi connectivity index (χ4v) is 4.67. The summed E-state index contributed by atoms with van der Waals surface area (Å²) in [6, 6.07) is 20.7. The smallest absolute Gasteiger partial charge is 0.294 e. The molecule has 0 unspecified atom stereocenters. The number of nitrogens with one attached hydrogen (secondary N) is 1. The monoisotopic (exact) mass is 529 g/mol. The molecule has 3 aromatic rings. The molecule has 0 bridgehead atoms. The van der Waals surface area contributed by atoms with Crippen LogP contribution in [0.15, 0.2) is 78.6 Å². The lowest BCUT2D eigenvalue weighted by Gasteiger charge is -2.30. The molecular weight excluding hydrogens is 493 g/mol. The van der Waals surface area contributed by atoms with Gasteiger partial charge in [0.15, 0.2) is 11.5 Å². The molecule has 0 saturated heterocycles. The van der Waals surface area contributed by atoms with E-state index in [9.17, 15) is 14.0 Å². The van der Waals surface area contributed by atoms with Gasteiger partial charge in [0.1, 0.15) is 5.82 Å². The maximum atomic E-state index is 14.4. The Bertz CT molecular complexity index is 1300. The van der Waals surface area contributed by atoms with Crippen molar-refractivity contribution in [1.82, 2.24) is 10.2 Å². The Hall–Kier alpha value is -3.97. The van der Waals surface area contributed by atoms with Gasteiger partial charge in [-0.1, -0.05) is 56.3 Å². The van der Waals surface area contributed by atoms with Crippen LogP contribution in [0.1, 0.15) is 54.6 Å². The molecule has 4 rings (SSSR count). The van der Waals surface area contributed by atoms with Crippen LogP contribution >= 0.6 is 0 Å². The fraction of sp³-hybridized carbons (Fsp3) is 0.312. The first kappa shape index (κ1) is 28.0. The van der Waals surface area contributed by atoms with Crippen molar-refractivity contribution in [3.63, 3.8) is 0 Å². The first-order valence-corrected chi connectivity index (χ1v) is 13.6. The van der Waals surface area contributed by atoms with Gasteiger partial charge in [0, 0.05) is 17.7 Å². The van der Waals surface area contributed by atoms with Crippen molar-refractivity contribution in [3.8, 4) is 5.75 Å². The molecule has 6 nitrogen and oxygen atoms in total. The van der Waals surface area contributed by atoms with E-state index in [-0.39, 0.29) is 29.9 Å². The third-order valence-electron chi connectivity index (χ3n) is 6.61. The number of benzene rings is 3. The number of nitrogens with zero attached hydrogens (tertiary/aromatic N) is 2. The van der Waals surface area contributed by atoms with E-state index in [0.29, 0.717) is 29.1 Å². The molecule has 3 aromatic carbocycles. The second-order valence-corrected chi connectivity index (χ2v) is 9.63. The number of halogens is 1. The van der Waals surface area contributed by atoms with Crippen LogP contribution in [0.5, 0.6) is 5.75 Å². The number of rotatable bonds is 12. The molecule has 1 N–H and O–H groups in total. The van der Waals surface area contributed by atoms with Crippen LogP contribution in [-0.4, -0.2) is 42.9 Å². The van der Waals surface area contributed by atoms with E-state index >= 15 is 0 Å². The highest BCUT2D eigenvalue weighted by Crippen LogP contribution is 2.36. The van der Waals surface area contributed by atoms with E-state index in [0.717, 1.165) is 44.5 Å². The zero-order valence-corrected chi connectivity index (χ0v) is 22.7. The molecule has 1 heterocycles. The normalized spacial score (nSPS) is 13.9. The van der Waals surface area contributed by atoms with Crippen LogP contribution in [0.4, 0.5) is 10.1 Å². The molecule has 2 amide bonds. The Morgan fingerprint density at radius 2 is 1.64 bits per heavy atom. The largest absolute Gasteiger partial charge is 0.449 e. The lowest BCUT2D eigenvalue weighted by atomic mass is 10.1. The number of hydrogen-bond donors (Lipinski definition) is 1. The third-order valence-corrected chi connectivity index (χ3v) is 6.61. The molecule has 1 aliphatic heterocycles. The Balaban J connectivity index is 1.42. The first-order valence-electron chi connectivity index (χ1n) is 13.6. The van der Waals surface area contributed by atoms with Crippen molar-refractivity contribution >= 4 is 23.6 Å². The summed E-state index contributed by atoms with van der Waals surface area (Å²) >= 11 is 0. The van der Waals surface area contributed by atoms with Gasteiger partial charge in [0.05, 0.1) is 12.2 Å². The van der Waals surface area contributed by atoms with Gasteiger partial charge in [-0.05, 0) is 80.9 Å². The van der Waals surface area contributed by atoms with Gasteiger partial charge in [0.25, 0.3) is 11.8 Å². The molecular formula is C32H36FN3O3. The summed E-state index contributed by atoms with van der Waals surface area (Å²) in [6.45, 7) is 8.20. The van der Waals surface area contributed by atoms with E-state index in [1.54, 1.807) is 60.7 Å². The summed E-state index contributed by atoms with van der Waals surface area (Å²) in [5.41, 5.74) is 2.27. The van der Waals surface area contributed by atoms with Crippen LogP contribution in [0.2, 0.25) is 0 Å². The highest BCUT2D eigenvalue weighted by Gasteiger charge is 2.30. The summed E-state index contributed by atoms with van der Waals surface area (Å²) in [4.78, 5) is 30.0. The van der Waals surface area contributed by atoms with Crippen LogP contribution in [0.3, 0.4) is 0 Å².